The topological polar surface area (TPSA) is 140 Å². The number of benzene rings is 4. The Morgan fingerprint density at radius 1 is 0.809 bits per heavy atom. The van der Waals surface area contributed by atoms with Crippen molar-refractivity contribution >= 4 is 113 Å². The van der Waals surface area contributed by atoms with Gasteiger partial charge in [0.15, 0.2) is 0 Å². The van der Waals surface area contributed by atoms with E-state index in [1.54, 1.807) is 42.5 Å². The van der Waals surface area contributed by atoms with Crippen molar-refractivity contribution in [1.82, 2.24) is 5.43 Å². The standard InChI is InChI=1S/C32H17Cl3N4O6S2/c33-18-7-11-21-24(13-18)47-29(27(21)35)32(42)45-23-4-2-1-3-17(23)15-36-38-30(40)16-5-8-19(9-6-16)37-31(41)28-26(34)22-12-10-20(39(43)44)14-25(22)46-28/h1-15H,(H,37,41)(H,38,40)/b36-15-. The van der Waals surface area contributed by atoms with E-state index < -0.39 is 22.7 Å². The second-order valence-electron chi connectivity index (χ2n) is 9.73. The van der Waals surface area contributed by atoms with E-state index in [-0.39, 0.29) is 36.8 Å². The number of hydrogen-bond acceptors (Lipinski definition) is 9. The fourth-order valence-corrected chi connectivity index (χ4v) is 7.53. The molecular formula is C32H17Cl3N4O6S2. The molecule has 2 aromatic heterocycles. The van der Waals surface area contributed by atoms with Crippen LogP contribution in [0.15, 0.2) is 90.0 Å². The number of carbonyl (C=O) groups is 3. The van der Waals surface area contributed by atoms with Gasteiger partial charge >= 0.3 is 5.97 Å². The zero-order chi connectivity index (χ0) is 33.2. The predicted molar refractivity (Wildman–Crippen MR) is 186 cm³/mol. The number of nitro groups is 1. The zero-order valence-corrected chi connectivity index (χ0v) is 27.4. The van der Waals surface area contributed by atoms with Crippen LogP contribution in [0.1, 0.15) is 35.3 Å². The van der Waals surface area contributed by atoms with Crippen LogP contribution >= 0.6 is 57.5 Å². The van der Waals surface area contributed by atoms with Crippen LogP contribution in [0.5, 0.6) is 5.75 Å². The largest absolute Gasteiger partial charge is 0.422 e. The van der Waals surface area contributed by atoms with Crippen LogP contribution in [0.4, 0.5) is 11.4 Å². The van der Waals surface area contributed by atoms with E-state index in [1.807, 2.05) is 0 Å². The van der Waals surface area contributed by atoms with E-state index in [0.717, 1.165) is 16.0 Å². The average molecular weight is 724 g/mol. The number of anilines is 1. The van der Waals surface area contributed by atoms with E-state index in [2.05, 4.69) is 15.8 Å². The van der Waals surface area contributed by atoms with Crippen molar-refractivity contribution in [3.8, 4) is 5.75 Å². The first-order valence-corrected chi connectivity index (χ1v) is 16.2. The van der Waals surface area contributed by atoms with Crippen LogP contribution < -0.4 is 15.5 Å². The van der Waals surface area contributed by atoms with E-state index in [4.69, 9.17) is 39.5 Å². The Morgan fingerprint density at radius 2 is 1.47 bits per heavy atom. The molecule has 0 unspecified atom stereocenters. The van der Waals surface area contributed by atoms with Gasteiger partial charge in [-0.1, -0.05) is 53.0 Å². The third-order valence-corrected chi connectivity index (χ3v) is 10.2. The molecule has 6 rings (SSSR count). The van der Waals surface area contributed by atoms with Crippen molar-refractivity contribution in [2.75, 3.05) is 5.32 Å². The summed E-state index contributed by atoms with van der Waals surface area (Å²) in [5.41, 5.74) is 3.39. The zero-order valence-electron chi connectivity index (χ0n) is 23.5. The van der Waals surface area contributed by atoms with Gasteiger partial charge in [0.25, 0.3) is 17.5 Å². The van der Waals surface area contributed by atoms with Crippen molar-refractivity contribution in [3.63, 3.8) is 0 Å². The number of nitrogens with zero attached hydrogens (tertiary/aromatic N) is 2. The van der Waals surface area contributed by atoms with Crippen molar-refractivity contribution < 1.29 is 24.0 Å². The van der Waals surface area contributed by atoms with Crippen LogP contribution in [0.3, 0.4) is 0 Å². The van der Waals surface area contributed by atoms with Gasteiger partial charge in [-0.15, -0.1) is 22.7 Å². The van der Waals surface area contributed by atoms with E-state index in [0.29, 0.717) is 31.7 Å². The molecule has 47 heavy (non-hydrogen) atoms. The van der Waals surface area contributed by atoms with Gasteiger partial charge in [-0.25, -0.2) is 10.2 Å². The quantitative estimate of drug-likeness (QED) is 0.0528. The summed E-state index contributed by atoms with van der Waals surface area (Å²) in [4.78, 5) is 49.6. The first-order chi connectivity index (χ1) is 22.6. The summed E-state index contributed by atoms with van der Waals surface area (Å²) < 4.78 is 6.87. The maximum atomic E-state index is 13.0. The third kappa shape index (κ3) is 6.82. The molecule has 0 radical (unpaired) electrons. The summed E-state index contributed by atoms with van der Waals surface area (Å²) in [6.07, 6.45) is 1.34. The Bertz CT molecular complexity index is 2270. The molecule has 0 spiro atoms. The highest BCUT2D eigenvalue weighted by molar-refractivity contribution is 7.22. The number of nitro benzene ring substituents is 1. The number of hydrogen-bond donors (Lipinski definition) is 2. The molecule has 234 valence electrons. The Labute approximate surface area is 288 Å². The second kappa shape index (κ2) is 13.5. The van der Waals surface area contributed by atoms with Gasteiger partial charge in [-0.2, -0.15) is 5.10 Å². The molecule has 0 atom stereocenters. The number of amides is 2. The number of fused-ring (bicyclic) bond motifs is 2. The lowest BCUT2D eigenvalue weighted by Crippen LogP contribution is -2.18. The lowest BCUT2D eigenvalue weighted by atomic mass is 10.2. The molecule has 2 N–H and O–H groups in total. The number of carbonyl (C=O) groups excluding carboxylic acids is 3. The molecule has 0 aliphatic heterocycles. The van der Waals surface area contributed by atoms with Crippen molar-refractivity contribution in [2.45, 2.75) is 0 Å². The van der Waals surface area contributed by atoms with Crippen molar-refractivity contribution in [3.05, 3.63) is 131 Å². The number of non-ortho nitro benzene ring substituents is 1. The second-order valence-corrected chi connectivity index (χ2v) is 13.0. The molecule has 2 heterocycles. The molecule has 0 fully saturated rings. The van der Waals surface area contributed by atoms with Gasteiger partial charge in [0.05, 0.1) is 21.2 Å². The van der Waals surface area contributed by atoms with Gasteiger partial charge in [0.1, 0.15) is 15.5 Å². The summed E-state index contributed by atoms with van der Waals surface area (Å²) in [7, 11) is 0. The van der Waals surface area contributed by atoms with Gasteiger partial charge in [0, 0.05) is 54.1 Å². The highest BCUT2D eigenvalue weighted by Gasteiger charge is 2.21. The highest BCUT2D eigenvalue weighted by atomic mass is 35.5. The molecule has 0 aliphatic rings. The Balaban J connectivity index is 1.09. The van der Waals surface area contributed by atoms with Crippen LogP contribution in [-0.2, 0) is 0 Å². The number of hydrazone groups is 1. The number of thiophene rings is 2. The summed E-state index contributed by atoms with van der Waals surface area (Å²) in [6, 6.07) is 22.0. The Morgan fingerprint density at radius 3 is 2.21 bits per heavy atom. The monoisotopic (exact) mass is 722 g/mol. The summed E-state index contributed by atoms with van der Waals surface area (Å²) in [5.74, 6) is -1.47. The molecule has 10 nitrogen and oxygen atoms in total. The SMILES string of the molecule is O=C(N/N=C\c1ccccc1OC(=O)c1sc2cc(Cl)ccc2c1Cl)c1ccc(NC(=O)c2sc3cc([N+](=O)[O-])ccc3c2Cl)cc1. The molecule has 0 saturated carbocycles. The van der Waals surface area contributed by atoms with Crippen LogP contribution in [0, 0.1) is 10.1 Å². The van der Waals surface area contributed by atoms with Gasteiger partial charge in [-0.3, -0.25) is 19.7 Å². The van der Waals surface area contributed by atoms with Gasteiger partial charge in [-0.05, 0) is 54.6 Å². The number of nitrogens with one attached hydrogen (secondary N) is 2. The number of esters is 1. The molecule has 6 aromatic rings. The maximum absolute atomic E-state index is 13.0. The number of halogens is 3. The molecule has 15 heteroatoms. The maximum Gasteiger partial charge on any atom is 0.355 e. The fourth-order valence-electron chi connectivity index (χ4n) is 4.43. The van der Waals surface area contributed by atoms with Crippen LogP contribution in [-0.4, -0.2) is 28.9 Å². The molecule has 0 aliphatic carbocycles. The lowest BCUT2D eigenvalue weighted by Gasteiger charge is -2.07. The Hall–Kier alpha value is -4.85. The minimum Gasteiger partial charge on any atom is -0.422 e. The normalized spacial score (nSPS) is 11.2. The lowest BCUT2D eigenvalue weighted by molar-refractivity contribution is -0.384. The number of para-hydroxylation sites is 1. The minimum absolute atomic E-state index is 0.104. The molecular weight excluding hydrogens is 707 g/mol. The minimum atomic E-state index is -0.650. The molecule has 2 amide bonds. The molecule has 0 bridgehead atoms. The third-order valence-electron chi connectivity index (χ3n) is 6.70. The first kappa shape index (κ1) is 32.1. The van der Waals surface area contributed by atoms with Crippen LogP contribution in [0.2, 0.25) is 15.1 Å². The summed E-state index contributed by atoms with van der Waals surface area (Å²) in [6.45, 7) is 0. The molecule has 0 saturated heterocycles. The fraction of sp³-hybridized carbons (Fsp3) is 0. The summed E-state index contributed by atoms with van der Waals surface area (Å²) in [5, 5.41) is 20.0. The highest BCUT2D eigenvalue weighted by Crippen LogP contribution is 2.39. The van der Waals surface area contributed by atoms with Gasteiger partial charge in [0.2, 0.25) is 0 Å². The first-order valence-electron chi connectivity index (χ1n) is 13.4. The van der Waals surface area contributed by atoms with E-state index >= 15 is 0 Å². The summed E-state index contributed by atoms with van der Waals surface area (Å²) >= 11 is 21.1. The van der Waals surface area contributed by atoms with Crippen molar-refractivity contribution in [1.29, 1.82) is 0 Å². The van der Waals surface area contributed by atoms with E-state index in [1.165, 1.54) is 60.0 Å². The Kier molecular flexibility index (Phi) is 9.21. The van der Waals surface area contributed by atoms with Crippen LogP contribution in [0.25, 0.3) is 20.2 Å². The smallest absolute Gasteiger partial charge is 0.355 e. The van der Waals surface area contributed by atoms with Gasteiger partial charge < -0.3 is 10.1 Å². The average Bonchev–Trinajstić information content (AvgIpc) is 3.57. The predicted octanol–water partition coefficient (Wildman–Crippen LogP) is 9.22. The van der Waals surface area contributed by atoms with Crippen molar-refractivity contribution in [2.24, 2.45) is 5.10 Å². The molecule has 4 aromatic carbocycles. The number of rotatable bonds is 8. The van der Waals surface area contributed by atoms with E-state index in [9.17, 15) is 24.5 Å². The number of ether oxygens (including phenoxy) is 1.